The van der Waals surface area contributed by atoms with Gasteiger partial charge in [0.25, 0.3) is 22.7 Å². The van der Waals surface area contributed by atoms with Gasteiger partial charge in [-0.25, -0.2) is 0 Å². The van der Waals surface area contributed by atoms with E-state index in [2.05, 4.69) is 20.8 Å². The van der Waals surface area contributed by atoms with E-state index in [1.54, 1.807) is 17.0 Å². The van der Waals surface area contributed by atoms with Crippen LogP contribution in [0.1, 0.15) is 26.3 Å². The first kappa shape index (κ1) is 26.2. The quantitative estimate of drug-likeness (QED) is 0.294. The highest BCUT2D eigenvalue weighted by atomic mass is 16.6. The molecule has 0 aliphatic heterocycles. The monoisotopic (exact) mass is 485 g/mol. The normalized spacial score (nSPS) is 10.6. The fourth-order valence-electron chi connectivity index (χ4n) is 2.84. The topological polar surface area (TPSA) is 199 Å². The van der Waals surface area contributed by atoms with Crippen LogP contribution in [0.2, 0.25) is 0 Å². The van der Waals surface area contributed by atoms with E-state index in [1.807, 2.05) is 12.1 Å². The lowest BCUT2D eigenvalue weighted by Gasteiger charge is -2.17. The van der Waals surface area contributed by atoms with E-state index in [-0.39, 0.29) is 22.5 Å². The van der Waals surface area contributed by atoms with Crippen LogP contribution in [0, 0.1) is 40.5 Å². The first-order chi connectivity index (χ1) is 16.2. The fourth-order valence-corrected chi connectivity index (χ4v) is 2.84. The number of nitro benzene ring substituents is 4. The zero-order chi connectivity index (χ0) is 26.5. The minimum Gasteiger partial charge on any atom is -0.868 e. The molecule has 2 aromatic carbocycles. The van der Waals surface area contributed by atoms with Crippen LogP contribution < -0.4 is 9.67 Å². The molecule has 35 heavy (non-hydrogen) atoms. The molecule has 0 aliphatic carbocycles. The van der Waals surface area contributed by atoms with E-state index in [9.17, 15) is 45.6 Å². The lowest BCUT2D eigenvalue weighted by atomic mass is 9.88. The molecule has 0 saturated carbocycles. The molecule has 14 nitrogen and oxygen atoms in total. The average molecular weight is 485 g/mol. The van der Waals surface area contributed by atoms with Crippen molar-refractivity contribution in [1.29, 1.82) is 0 Å². The zero-order valence-corrected chi connectivity index (χ0v) is 18.7. The second kappa shape index (κ2) is 10.3. The minimum absolute atomic E-state index is 0.0273. The molecule has 3 aromatic rings. The highest BCUT2D eigenvalue weighted by molar-refractivity contribution is 5.54. The highest BCUT2D eigenvalue weighted by Gasteiger charge is 2.26. The Kier molecular flexibility index (Phi) is 7.71. The Labute approximate surface area is 197 Å². The summed E-state index contributed by atoms with van der Waals surface area (Å²) in [6.07, 6.45) is 3.43. The molecule has 182 valence electrons. The van der Waals surface area contributed by atoms with E-state index in [0.717, 1.165) is 23.8 Å². The van der Waals surface area contributed by atoms with Crippen molar-refractivity contribution in [1.82, 2.24) is 0 Å². The molecule has 14 heteroatoms. The van der Waals surface area contributed by atoms with E-state index >= 15 is 0 Å². The molecule has 0 spiro atoms. The molecular formula is C21H19N5O9. The third-order valence-corrected chi connectivity index (χ3v) is 4.69. The molecule has 0 bridgehead atoms. The number of nitro groups is 4. The molecule has 0 amide bonds. The maximum absolute atomic E-state index is 11.2. The van der Waals surface area contributed by atoms with Crippen molar-refractivity contribution in [3.8, 4) is 11.4 Å². The highest BCUT2D eigenvalue weighted by Crippen LogP contribution is 2.27. The van der Waals surface area contributed by atoms with Gasteiger partial charge < -0.3 is 5.11 Å². The summed E-state index contributed by atoms with van der Waals surface area (Å²) in [7, 11) is 0. The average Bonchev–Trinajstić information content (AvgIpc) is 2.78. The van der Waals surface area contributed by atoms with Crippen molar-refractivity contribution in [3.63, 3.8) is 0 Å². The number of non-ortho nitro benzene ring substituents is 2. The summed E-state index contributed by atoms with van der Waals surface area (Å²) in [5, 5.41) is 53.0. The Morgan fingerprint density at radius 1 is 0.657 bits per heavy atom. The minimum atomic E-state index is -0.949. The van der Waals surface area contributed by atoms with Gasteiger partial charge in [-0.2, -0.15) is 4.57 Å². The van der Waals surface area contributed by atoms with Gasteiger partial charge in [0.05, 0.1) is 25.8 Å². The second-order valence-electron chi connectivity index (χ2n) is 8.10. The number of aromatic nitrogens is 1. The first-order valence-corrected chi connectivity index (χ1v) is 9.77. The van der Waals surface area contributed by atoms with Crippen molar-refractivity contribution in [2.24, 2.45) is 0 Å². The van der Waals surface area contributed by atoms with Crippen molar-refractivity contribution < 1.29 is 29.4 Å². The predicted octanol–water partition coefficient (Wildman–Crippen LogP) is 3.65. The van der Waals surface area contributed by atoms with Gasteiger partial charge >= 0.3 is 5.69 Å². The Hall–Kier alpha value is -5.01. The Morgan fingerprint density at radius 3 is 1.54 bits per heavy atom. The van der Waals surface area contributed by atoms with Crippen LogP contribution in [0.15, 0.2) is 60.9 Å². The molecule has 1 aromatic heterocycles. The smallest absolute Gasteiger partial charge is 0.347 e. The van der Waals surface area contributed by atoms with Gasteiger partial charge in [-0.1, -0.05) is 26.8 Å². The van der Waals surface area contributed by atoms with Crippen molar-refractivity contribution >= 4 is 22.7 Å². The molecule has 0 fully saturated rings. The van der Waals surface area contributed by atoms with Crippen LogP contribution in [0.4, 0.5) is 22.7 Å². The predicted molar refractivity (Wildman–Crippen MR) is 119 cm³/mol. The summed E-state index contributed by atoms with van der Waals surface area (Å²) in [6.45, 7) is 6.21. The van der Waals surface area contributed by atoms with Crippen LogP contribution >= 0.6 is 0 Å². The third kappa shape index (κ3) is 6.50. The Morgan fingerprint density at radius 2 is 1.11 bits per heavy atom. The summed E-state index contributed by atoms with van der Waals surface area (Å²) in [4.78, 5) is 39.3. The summed E-state index contributed by atoms with van der Waals surface area (Å²) in [6, 6.07) is 9.74. The largest absolute Gasteiger partial charge is 0.868 e. The van der Waals surface area contributed by atoms with E-state index in [4.69, 9.17) is 0 Å². The van der Waals surface area contributed by atoms with Crippen molar-refractivity contribution in [2.45, 2.75) is 26.2 Å². The zero-order valence-electron chi connectivity index (χ0n) is 18.7. The van der Waals surface area contributed by atoms with Crippen LogP contribution in [0.3, 0.4) is 0 Å². The number of benzene rings is 2. The van der Waals surface area contributed by atoms with Crippen molar-refractivity contribution in [2.75, 3.05) is 0 Å². The van der Waals surface area contributed by atoms with E-state index < -0.39 is 36.8 Å². The number of pyridine rings is 1. The molecule has 3 rings (SSSR count). The number of hydrogen-bond donors (Lipinski definition) is 0. The number of hydrogen-bond acceptors (Lipinski definition) is 9. The summed E-state index contributed by atoms with van der Waals surface area (Å²) in [5.74, 6) is -0.837. The SMILES string of the molecule is CC(C)(C)c1cc[n+](-c2ccc([N+](=O)[O-])cc2[N+](=O)[O-])cc1.O=[N+]([O-])c1ccc([O-])c([N+](=O)[O-])c1. The van der Waals surface area contributed by atoms with E-state index in [1.165, 1.54) is 12.1 Å². The second-order valence-corrected chi connectivity index (χ2v) is 8.10. The van der Waals surface area contributed by atoms with Crippen LogP contribution in [-0.2, 0) is 5.41 Å². The maximum Gasteiger partial charge on any atom is 0.347 e. The molecule has 0 unspecified atom stereocenters. The van der Waals surface area contributed by atoms with Gasteiger partial charge in [-0.05, 0) is 16.7 Å². The maximum atomic E-state index is 11.2. The molecule has 0 N–H and O–H groups in total. The van der Waals surface area contributed by atoms with Gasteiger partial charge in [0, 0.05) is 30.3 Å². The molecular weight excluding hydrogens is 466 g/mol. The summed E-state index contributed by atoms with van der Waals surface area (Å²) in [5.41, 5.74) is -0.504. The van der Waals surface area contributed by atoms with Gasteiger partial charge in [0.15, 0.2) is 12.4 Å². The molecule has 0 aliphatic rings. The standard InChI is InChI=1S/C15H16N3O4.C6H4N2O5/c1-15(2,3)11-6-8-16(9-7-11)13-5-4-12(17(19)20)10-14(13)18(21)22;9-6-2-1-4(7(10)11)3-5(6)8(12)13/h4-10H,1-3H3;1-3,9H/q+1;/p-1. The Bertz CT molecular complexity index is 1300. The molecule has 0 atom stereocenters. The number of rotatable bonds is 5. The summed E-state index contributed by atoms with van der Waals surface area (Å²) >= 11 is 0. The lowest BCUT2D eigenvalue weighted by molar-refractivity contribution is -0.601. The fraction of sp³-hybridized carbons (Fsp3) is 0.190. The molecule has 0 radical (unpaired) electrons. The molecule has 1 heterocycles. The van der Waals surface area contributed by atoms with Crippen LogP contribution in [-0.4, -0.2) is 19.7 Å². The lowest BCUT2D eigenvalue weighted by Crippen LogP contribution is -2.31. The Balaban J connectivity index is 0.000000283. The van der Waals surface area contributed by atoms with E-state index in [0.29, 0.717) is 6.07 Å². The number of nitrogens with zero attached hydrogens (tertiary/aromatic N) is 5. The third-order valence-electron chi connectivity index (χ3n) is 4.69. The van der Waals surface area contributed by atoms with Crippen LogP contribution in [0.25, 0.3) is 5.69 Å². The molecule has 0 saturated heterocycles. The van der Waals surface area contributed by atoms with Gasteiger partial charge in [-0.15, -0.1) is 0 Å². The first-order valence-electron chi connectivity index (χ1n) is 9.77. The van der Waals surface area contributed by atoms with Gasteiger partial charge in [0.2, 0.25) is 0 Å². The summed E-state index contributed by atoms with van der Waals surface area (Å²) < 4.78 is 1.58. The van der Waals surface area contributed by atoms with Crippen molar-refractivity contribution in [3.05, 3.63) is 107 Å². The van der Waals surface area contributed by atoms with Gasteiger partial charge in [0.1, 0.15) is 6.07 Å². The van der Waals surface area contributed by atoms with Crippen LogP contribution in [0.5, 0.6) is 5.75 Å². The van der Waals surface area contributed by atoms with Gasteiger partial charge in [-0.3, -0.25) is 40.5 Å².